The number of ether oxygens (including phenoxy) is 1. The van der Waals surface area contributed by atoms with Crippen molar-refractivity contribution in [1.82, 2.24) is 0 Å². The molecule has 3 atom stereocenters. The van der Waals surface area contributed by atoms with E-state index in [4.69, 9.17) is 4.74 Å². The van der Waals surface area contributed by atoms with Crippen LogP contribution in [0, 0.1) is 11.3 Å². The summed E-state index contributed by atoms with van der Waals surface area (Å²) in [5, 5.41) is 10.5. The number of Topliss-reactive ketones (excluding diaryl/α,β-unsaturated/α-hetero) is 1. The van der Waals surface area contributed by atoms with Crippen LogP contribution in [-0.4, -0.2) is 29.1 Å². The van der Waals surface area contributed by atoms with Gasteiger partial charge >= 0.3 is 5.97 Å². The molecule has 1 unspecified atom stereocenters. The van der Waals surface area contributed by atoms with Crippen molar-refractivity contribution in [3.05, 3.63) is 0 Å². The first-order valence-corrected chi connectivity index (χ1v) is 5.40. The van der Waals surface area contributed by atoms with Gasteiger partial charge in [0.15, 0.2) is 0 Å². The predicted molar refractivity (Wildman–Crippen MR) is 52.0 cm³/mol. The number of hydrogen-bond acceptors (Lipinski definition) is 4. The lowest BCUT2D eigenvalue weighted by atomic mass is 9.59. The number of hydrogen-bond donors (Lipinski definition) is 1. The number of rotatable bonds is 1. The summed E-state index contributed by atoms with van der Waals surface area (Å²) in [5.74, 6) is -0.815. The quantitative estimate of drug-likeness (QED) is 0.649. The molecule has 84 valence electrons. The lowest BCUT2D eigenvalue weighted by molar-refractivity contribution is -0.162. The first-order valence-electron chi connectivity index (χ1n) is 5.40. The van der Waals surface area contributed by atoms with Gasteiger partial charge in [-0.1, -0.05) is 13.8 Å². The zero-order chi connectivity index (χ0) is 11.3. The normalized spacial score (nSPS) is 45.1. The van der Waals surface area contributed by atoms with Crippen molar-refractivity contribution in [2.75, 3.05) is 6.61 Å². The van der Waals surface area contributed by atoms with Crippen molar-refractivity contribution < 1.29 is 19.4 Å². The van der Waals surface area contributed by atoms with Gasteiger partial charge in [0.1, 0.15) is 23.4 Å². The molecule has 1 aliphatic heterocycles. The fourth-order valence-electron chi connectivity index (χ4n) is 2.93. The van der Waals surface area contributed by atoms with E-state index >= 15 is 0 Å². The Bertz CT molecular complexity index is 325. The molecule has 0 aromatic rings. The highest BCUT2D eigenvalue weighted by atomic mass is 16.6. The van der Waals surface area contributed by atoms with E-state index in [-0.39, 0.29) is 18.4 Å². The molecule has 15 heavy (non-hydrogen) atoms. The van der Waals surface area contributed by atoms with Crippen LogP contribution in [0.15, 0.2) is 0 Å². The van der Waals surface area contributed by atoms with Gasteiger partial charge in [0.05, 0.1) is 0 Å². The number of ketones is 1. The first-order chi connectivity index (χ1) is 6.98. The van der Waals surface area contributed by atoms with Gasteiger partial charge < -0.3 is 9.84 Å². The summed E-state index contributed by atoms with van der Waals surface area (Å²) >= 11 is 0. The molecule has 1 aliphatic carbocycles. The Hall–Kier alpha value is -0.900. The third-order valence-electron chi connectivity index (χ3n) is 4.24. The minimum Gasteiger partial charge on any atom is -0.462 e. The average Bonchev–Trinajstić information content (AvgIpc) is 2.49. The van der Waals surface area contributed by atoms with Gasteiger partial charge in [-0.15, -0.1) is 0 Å². The Morgan fingerprint density at radius 3 is 2.80 bits per heavy atom. The summed E-state index contributed by atoms with van der Waals surface area (Å²) in [6.07, 6.45) is 1.31. The lowest BCUT2D eigenvalue weighted by Crippen LogP contribution is -2.58. The molecule has 0 spiro atoms. The van der Waals surface area contributed by atoms with Crippen molar-refractivity contribution in [3.63, 3.8) is 0 Å². The van der Waals surface area contributed by atoms with E-state index in [0.717, 1.165) is 0 Å². The van der Waals surface area contributed by atoms with Gasteiger partial charge in [-0.25, -0.2) is 0 Å². The highest BCUT2D eigenvalue weighted by Gasteiger charge is 2.66. The molecule has 0 aromatic heterocycles. The Morgan fingerprint density at radius 1 is 1.53 bits per heavy atom. The van der Waals surface area contributed by atoms with Gasteiger partial charge in [-0.05, 0) is 12.8 Å². The van der Waals surface area contributed by atoms with Crippen LogP contribution in [0.25, 0.3) is 0 Å². The van der Waals surface area contributed by atoms with Crippen molar-refractivity contribution in [3.8, 4) is 0 Å². The SMILES string of the molecule is CC[C@]12CCC(=O)C(C)[C@@]1(O)COC2=O. The van der Waals surface area contributed by atoms with Crippen LogP contribution in [0.1, 0.15) is 33.1 Å². The molecule has 4 nitrogen and oxygen atoms in total. The Kier molecular flexibility index (Phi) is 2.15. The van der Waals surface area contributed by atoms with E-state index in [1.165, 1.54) is 0 Å². The van der Waals surface area contributed by atoms with Gasteiger partial charge in [0, 0.05) is 12.3 Å². The minimum absolute atomic E-state index is 0.0277. The molecule has 0 aromatic carbocycles. The summed E-state index contributed by atoms with van der Waals surface area (Å²) in [7, 11) is 0. The fourth-order valence-corrected chi connectivity index (χ4v) is 2.93. The molecule has 2 rings (SSSR count). The third-order valence-corrected chi connectivity index (χ3v) is 4.24. The number of aliphatic hydroxyl groups is 1. The molecule has 1 saturated carbocycles. The molecule has 1 saturated heterocycles. The first kappa shape index (κ1) is 10.6. The maximum atomic E-state index is 11.7. The van der Waals surface area contributed by atoms with Gasteiger partial charge in [-0.2, -0.15) is 0 Å². The molecule has 1 heterocycles. The van der Waals surface area contributed by atoms with Crippen LogP contribution < -0.4 is 0 Å². The fraction of sp³-hybridized carbons (Fsp3) is 0.818. The highest BCUT2D eigenvalue weighted by molar-refractivity contribution is 5.90. The van der Waals surface area contributed by atoms with E-state index in [1.54, 1.807) is 6.92 Å². The maximum Gasteiger partial charge on any atom is 0.315 e. The topological polar surface area (TPSA) is 63.6 Å². The standard InChI is InChI=1S/C11H16O4/c1-3-10-5-4-8(12)7(2)11(10,14)6-15-9(10)13/h7,14H,3-6H2,1-2H3/t7?,10-,11+/m1/s1. The Morgan fingerprint density at radius 2 is 2.20 bits per heavy atom. The predicted octanol–water partition coefficient (Wildman–Crippen LogP) is 0.670. The lowest BCUT2D eigenvalue weighted by Gasteiger charge is -2.44. The van der Waals surface area contributed by atoms with Crippen LogP contribution in [0.5, 0.6) is 0 Å². The van der Waals surface area contributed by atoms with E-state index in [2.05, 4.69) is 0 Å². The van der Waals surface area contributed by atoms with Crippen LogP contribution in [0.2, 0.25) is 0 Å². The van der Waals surface area contributed by atoms with E-state index < -0.39 is 16.9 Å². The Labute approximate surface area is 88.6 Å². The smallest absolute Gasteiger partial charge is 0.315 e. The molecule has 0 amide bonds. The number of cyclic esters (lactones) is 1. The molecular weight excluding hydrogens is 196 g/mol. The second-order valence-corrected chi connectivity index (χ2v) is 4.62. The van der Waals surface area contributed by atoms with E-state index in [0.29, 0.717) is 19.3 Å². The number of carbonyl (C=O) groups is 2. The summed E-state index contributed by atoms with van der Waals surface area (Å²) in [4.78, 5) is 23.3. The molecule has 2 aliphatic rings. The van der Waals surface area contributed by atoms with Gasteiger partial charge in [0.2, 0.25) is 0 Å². The second kappa shape index (κ2) is 3.04. The molecule has 4 heteroatoms. The number of carbonyl (C=O) groups excluding carboxylic acids is 2. The van der Waals surface area contributed by atoms with Crippen LogP contribution >= 0.6 is 0 Å². The Balaban J connectivity index is 2.47. The minimum atomic E-state index is -1.28. The summed E-state index contributed by atoms with van der Waals surface area (Å²) in [6, 6.07) is 0. The summed E-state index contributed by atoms with van der Waals surface area (Å²) in [5.41, 5.74) is -2.13. The van der Waals surface area contributed by atoms with Crippen LogP contribution in [0.3, 0.4) is 0 Å². The van der Waals surface area contributed by atoms with Crippen molar-refractivity contribution in [2.45, 2.75) is 38.7 Å². The van der Waals surface area contributed by atoms with Crippen molar-refractivity contribution >= 4 is 11.8 Å². The number of fused-ring (bicyclic) bond motifs is 1. The molecule has 2 fully saturated rings. The van der Waals surface area contributed by atoms with E-state index in [9.17, 15) is 14.7 Å². The van der Waals surface area contributed by atoms with Crippen molar-refractivity contribution in [2.24, 2.45) is 11.3 Å². The summed E-state index contributed by atoms with van der Waals surface area (Å²) in [6.45, 7) is 3.51. The van der Waals surface area contributed by atoms with Gasteiger partial charge in [0.25, 0.3) is 0 Å². The van der Waals surface area contributed by atoms with E-state index in [1.807, 2.05) is 6.92 Å². The molecule has 0 bridgehead atoms. The van der Waals surface area contributed by atoms with Crippen LogP contribution in [0.4, 0.5) is 0 Å². The monoisotopic (exact) mass is 212 g/mol. The third kappa shape index (κ3) is 1.06. The zero-order valence-electron chi connectivity index (χ0n) is 9.08. The largest absolute Gasteiger partial charge is 0.462 e. The number of esters is 1. The maximum absolute atomic E-state index is 11.7. The molecular formula is C11H16O4. The van der Waals surface area contributed by atoms with Gasteiger partial charge in [-0.3, -0.25) is 9.59 Å². The van der Waals surface area contributed by atoms with Crippen molar-refractivity contribution in [1.29, 1.82) is 0 Å². The zero-order valence-corrected chi connectivity index (χ0v) is 9.08. The van der Waals surface area contributed by atoms with Crippen LogP contribution in [-0.2, 0) is 14.3 Å². The molecule has 1 N–H and O–H groups in total. The molecule has 0 radical (unpaired) electrons. The highest BCUT2D eigenvalue weighted by Crippen LogP contribution is 2.52. The second-order valence-electron chi connectivity index (χ2n) is 4.62. The average molecular weight is 212 g/mol. The summed E-state index contributed by atoms with van der Waals surface area (Å²) < 4.78 is 4.97.